The predicted octanol–water partition coefficient (Wildman–Crippen LogP) is 4.83. The number of nitrogens with zero attached hydrogens (tertiary/aromatic N) is 4. The van der Waals surface area contributed by atoms with E-state index in [1.165, 1.54) is 25.3 Å². The number of hydrogen-bond donors (Lipinski definition) is 2. The van der Waals surface area contributed by atoms with Gasteiger partial charge in [-0.3, -0.25) is 9.59 Å². The van der Waals surface area contributed by atoms with Gasteiger partial charge in [-0.1, -0.05) is 0 Å². The summed E-state index contributed by atoms with van der Waals surface area (Å²) in [4.78, 5) is 31.8. The Labute approximate surface area is 223 Å². The van der Waals surface area contributed by atoms with Crippen molar-refractivity contribution in [3.63, 3.8) is 0 Å². The topological polar surface area (TPSA) is 115 Å². The molecule has 3 aromatic heterocycles. The van der Waals surface area contributed by atoms with Crippen LogP contribution in [0.15, 0.2) is 52.6 Å². The minimum atomic E-state index is -4.99. The number of aromatic nitrogens is 5. The van der Waals surface area contributed by atoms with Crippen LogP contribution in [0.5, 0.6) is 5.75 Å². The second-order valence-corrected chi connectivity index (χ2v) is 8.85. The zero-order valence-electron chi connectivity index (χ0n) is 20.6. The van der Waals surface area contributed by atoms with Gasteiger partial charge in [0.2, 0.25) is 0 Å². The van der Waals surface area contributed by atoms with Crippen LogP contribution in [0.3, 0.4) is 0 Å². The van der Waals surface area contributed by atoms with Crippen molar-refractivity contribution in [2.75, 3.05) is 5.32 Å². The first-order chi connectivity index (χ1) is 19.1. The van der Waals surface area contributed by atoms with Gasteiger partial charge < -0.3 is 14.6 Å². The number of aromatic amines is 1. The van der Waals surface area contributed by atoms with E-state index < -0.39 is 65.2 Å². The van der Waals surface area contributed by atoms with Gasteiger partial charge in [-0.05, 0) is 30.5 Å². The van der Waals surface area contributed by atoms with E-state index in [4.69, 9.17) is 0 Å². The Balaban J connectivity index is 1.50. The highest BCUT2D eigenvalue weighted by Gasteiger charge is 2.37. The van der Waals surface area contributed by atoms with E-state index in [1.54, 1.807) is 5.10 Å². The van der Waals surface area contributed by atoms with Gasteiger partial charge in [0, 0.05) is 18.7 Å². The number of anilines is 1. The minimum absolute atomic E-state index is 0.145. The number of ether oxygens (including phenoxy) is 1. The zero-order chi connectivity index (χ0) is 30.1. The Morgan fingerprint density at radius 2 is 1.76 bits per heavy atom. The lowest BCUT2D eigenvalue weighted by Crippen LogP contribution is -2.30. The van der Waals surface area contributed by atoms with Crippen molar-refractivity contribution in [1.29, 1.82) is 0 Å². The van der Waals surface area contributed by atoms with E-state index in [1.807, 2.05) is 0 Å². The predicted molar refractivity (Wildman–Crippen MR) is 128 cm³/mol. The standard InChI is InChI=1S/C24H18F8N6O3/c1-11(36-18-9-35-37-21(39)19(18)23(27,28)29)4-13(25)10-38-3-2-12-5-16(17(26)6-15(12)22(38)40)20-33-7-14(8-34-20)41-24(30,31)32/h2-3,5-9,11,13H,4,10H2,1H3,(H2,36,37,39)/t11-,13+/m0/s1. The Hall–Kier alpha value is -4.57. The minimum Gasteiger partial charge on any atom is -0.402 e. The zero-order valence-corrected chi connectivity index (χ0v) is 20.6. The van der Waals surface area contributed by atoms with Crippen LogP contribution in [0.1, 0.15) is 18.9 Å². The monoisotopic (exact) mass is 590 g/mol. The molecular weight excluding hydrogens is 572 g/mol. The molecular formula is C24H18F8N6O3. The SMILES string of the molecule is C[C@@H](C[C@@H](F)Cn1ccc2cc(-c3ncc(OC(F)(F)F)cn3)c(F)cc2c1=O)Nc1cn[nH]c(=O)c1C(F)(F)F. The van der Waals surface area contributed by atoms with Crippen LogP contribution in [-0.4, -0.2) is 43.3 Å². The molecule has 1 aromatic carbocycles. The molecule has 0 unspecified atom stereocenters. The van der Waals surface area contributed by atoms with Crippen LogP contribution in [0.2, 0.25) is 0 Å². The highest BCUT2D eigenvalue weighted by Crippen LogP contribution is 2.32. The number of hydrogen-bond acceptors (Lipinski definition) is 7. The van der Waals surface area contributed by atoms with Gasteiger partial charge in [0.25, 0.3) is 11.1 Å². The number of alkyl halides is 7. The Morgan fingerprint density at radius 3 is 2.39 bits per heavy atom. The number of halogens is 8. The highest BCUT2D eigenvalue weighted by atomic mass is 19.4. The molecule has 4 rings (SSSR count). The molecule has 0 amide bonds. The molecule has 0 fully saturated rings. The van der Waals surface area contributed by atoms with Gasteiger partial charge in [0.1, 0.15) is 17.6 Å². The lowest BCUT2D eigenvalue weighted by atomic mass is 10.1. The van der Waals surface area contributed by atoms with Gasteiger partial charge >= 0.3 is 12.5 Å². The molecule has 0 saturated heterocycles. The van der Waals surface area contributed by atoms with Crippen LogP contribution < -0.4 is 21.2 Å². The number of nitrogens with one attached hydrogen (secondary N) is 2. The van der Waals surface area contributed by atoms with Crippen LogP contribution in [0.25, 0.3) is 22.2 Å². The summed E-state index contributed by atoms with van der Waals surface area (Å²) in [6.07, 6.45) is -8.70. The molecule has 0 aliphatic heterocycles. The molecule has 4 aromatic rings. The summed E-state index contributed by atoms with van der Waals surface area (Å²) in [6.45, 7) is 0.853. The molecule has 0 aliphatic rings. The molecule has 218 valence electrons. The molecule has 0 bridgehead atoms. The summed E-state index contributed by atoms with van der Waals surface area (Å²) in [5.74, 6) is -1.97. The van der Waals surface area contributed by atoms with E-state index in [0.717, 1.165) is 16.8 Å². The molecule has 2 atom stereocenters. The van der Waals surface area contributed by atoms with Crippen molar-refractivity contribution < 1.29 is 39.9 Å². The normalized spacial score (nSPS) is 13.7. The molecule has 9 nitrogen and oxygen atoms in total. The third-order valence-electron chi connectivity index (χ3n) is 5.71. The molecule has 0 spiro atoms. The molecule has 17 heteroatoms. The maximum Gasteiger partial charge on any atom is 0.573 e. The maximum absolute atomic E-state index is 14.9. The van der Waals surface area contributed by atoms with E-state index in [0.29, 0.717) is 12.4 Å². The average Bonchev–Trinajstić information content (AvgIpc) is 2.84. The maximum atomic E-state index is 14.9. The molecule has 41 heavy (non-hydrogen) atoms. The van der Waals surface area contributed by atoms with Crippen molar-refractivity contribution >= 4 is 16.5 Å². The van der Waals surface area contributed by atoms with E-state index in [2.05, 4.69) is 25.1 Å². The fourth-order valence-corrected chi connectivity index (χ4v) is 4.05. The summed E-state index contributed by atoms with van der Waals surface area (Å²) in [5.41, 5.74) is -4.61. The summed E-state index contributed by atoms with van der Waals surface area (Å²) in [5, 5.41) is 7.48. The van der Waals surface area contributed by atoms with Gasteiger partial charge in [0.05, 0.1) is 41.8 Å². The van der Waals surface area contributed by atoms with E-state index >= 15 is 0 Å². The van der Waals surface area contributed by atoms with Crippen LogP contribution >= 0.6 is 0 Å². The molecule has 2 N–H and O–H groups in total. The van der Waals surface area contributed by atoms with Gasteiger partial charge in [0.15, 0.2) is 11.6 Å². The Morgan fingerprint density at radius 1 is 1.07 bits per heavy atom. The van der Waals surface area contributed by atoms with Crippen molar-refractivity contribution in [1.82, 2.24) is 24.7 Å². The molecule has 3 heterocycles. The largest absolute Gasteiger partial charge is 0.573 e. The van der Waals surface area contributed by atoms with Crippen LogP contribution in [-0.2, 0) is 12.7 Å². The van der Waals surface area contributed by atoms with E-state index in [-0.39, 0.29) is 28.6 Å². The Bertz CT molecular complexity index is 1670. The summed E-state index contributed by atoms with van der Waals surface area (Å²) in [6, 6.07) is 2.50. The van der Waals surface area contributed by atoms with Crippen LogP contribution in [0, 0.1) is 5.82 Å². The van der Waals surface area contributed by atoms with Gasteiger partial charge in [-0.25, -0.2) is 23.8 Å². The van der Waals surface area contributed by atoms with Gasteiger partial charge in [-0.2, -0.15) is 18.3 Å². The number of rotatable bonds is 8. The van der Waals surface area contributed by atoms with Gasteiger partial charge in [-0.15, -0.1) is 13.2 Å². The molecule has 0 aliphatic carbocycles. The molecule has 0 radical (unpaired) electrons. The lowest BCUT2D eigenvalue weighted by Gasteiger charge is -2.20. The number of fused-ring (bicyclic) bond motifs is 1. The highest BCUT2D eigenvalue weighted by molar-refractivity contribution is 5.86. The van der Waals surface area contributed by atoms with Crippen molar-refractivity contribution in [3.8, 4) is 17.1 Å². The first-order valence-electron chi connectivity index (χ1n) is 11.6. The van der Waals surface area contributed by atoms with Crippen molar-refractivity contribution in [2.24, 2.45) is 0 Å². The molecule has 0 saturated carbocycles. The first-order valence-corrected chi connectivity index (χ1v) is 11.6. The average molecular weight is 590 g/mol. The van der Waals surface area contributed by atoms with Crippen molar-refractivity contribution in [3.05, 3.63) is 75.1 Å². The third-order valence-corrected chi connectivity index (χ3v) is 5.71. The smallest absolute Gasteiger partial charge is 0.402 e. The fraction of sp³-hybridized carbons (Fsp3) is 0.292. The number of pyridine rings is 1. The summed E-state index contributed by atoms with van der Waals surface area (Å²) in [7, 11) is 0. The van der Waals surface area contributed by atoms with Crippen LogP contribution in [0.4, 0.5) is 40.8 Å². The fourth-order valence-electron chi connectivity index (χ4n) is 4.05. The van der Waals surface area contributed by atoms with Crippen molar-refractivity contribution in [2.45, 2.75) is 44.6 Å². The summed E-state index contributed by atoms with van der Waals surface area (Å²) < 4.78 is 111. The quantitative estimate of drug-likeness (QED) is 0.283. The summed E-state index contributed by atoms with van der Waals surface area (Å²) >= 11 is 0. The number of H-pyrrole nitrogens is 1. The second-order valence-electron chi connectivity index (χ2n) is 8.85. The lowest BCUT2D eigenvalue weighted by molar-refractivity contribution is -0.274. The van der Waals surface area contributed by atoms with E-state index in [9.17, 15) is 44.7 Å². The Kier molecular flexibility index (Phi) is 7.98. The third kappa shape index (κ3) is 6.96. The first kappa shape index (κ1) is 29.4. The number of benzene rings is 1. The second kappa shape index (κ2) is 11.1.